The van der Waals surface area contributed by atoms with E-state index in [0.717, 1.165) is 6.07 Å². The molecule has 0 saturated carbocycles. The standard InChI is InChI=1S/C8H2ClF5N2/c9-6-3(7(10)11)2-16-4(1-15)5(6)8(12,13)14/h2,7H. The largest absolute Gasteiger partial charge is 0.420 e. The van der Waals surface area contributed by atoms with Crippen molar-refractivity contribution in [3.8, 4) is 6.07 Å². The van der Waals surface area contributed by atoms with E-state index in [1.807, 2.05) is 0 Å². The topological polar surface area (TPSA) is 36.7 Å². The molecule has 0 amide bonds. The molecule has 0 aromatic carbocycles. The van der Waals surface area contributed by atoms with Gasteiger partial charge in [-0.05, 0) is 0 Å². The number of nitriles is 1. The summed E-state index contributed by atoms with van der Waals surface area (Å²) in [5.41, 5.74) is -3.70. The number of hydrogen-bond acceptors (Lipinski definition) is 2. The molecule has 0 unspecified atom stereocenters. The first-order valence-electron chi connectivity index (χ1n) is 3.73. The third kappa shape index (κ3) is 2.22. The van der Waals surface area contributed by atoms with Crippen LogP contribution in [0.1, 0.15) is 23.2 Å². The summed E-state index contributed by atoms with van der Waals surface area (Å²) in [5.74, 6) is 0. The lowest BCUT2D eigenvalue weighted by atomic mass is 10.1. The maximum Gasteiger partial charge on any atom is 0.420 e. The van der Waals surface area contributed by atoms with Crippen molar-refractivity contribution in [1.82, 2.24) is 4.98 Å². The number of halogens is 6. The van der Waals surface area contributed by atoms with Gasteiger partial charge in [-0.2, -0.15) is 18.4 Å². The Morgan fingerprint density at radius 1 is 1.38 bits per heavy atom. The third-order valence-corrected chi connectivity index (χ3v) is 2.07. The van der Waals surface area contributed by atoms with Crippen molar-refractivity contribution in [2.24, 2.45) is 0 Å². The molecule has 0 atom stereocenters. The van der Waals surface area contributed by atoms with Crippen molar-refractivity contribution in [3.63, 3.8) is 0 Å². The van der Waals surface area contributed by atoms with Gasteiger partial charge in [0.2, 0.25) is 0 Å². The molecule has 16 heavy (non-hydrogen) atoms. The second-order valence-corrected chi connectivity index (χ2v) is 3.04. The van der Waals surface area contributed by atoms with Crippen molar-refractivity contribution in [1.29, 1.82) is 5.26 Å². The summed E-state index contributed by atoms with van der Waals surface area (Å²) in [7, 11) is 0. The van der Waals surface area contributed by atoms with Gasteiger partial charge in [0, 0.05) is 6.20 Å². The minimum Gasteiger partial charge on any atom is -0.244 e. The fourth-order valence-electron chi connectivity index (χ4n) is 0.999. The van der Waals surface area contributed by atoms with Gasteiger partial charge in [0.15, 0.2) is 5.69 Å². The van der Waals surface area contributed by atoms with Crippen LogP contribution in [0.5, 0.6) is 0 Å². The van der Waals surface area contributed by atoms with Crippen LogP contribution in [0.2, 0.25) is 5.02 Å². The van der Waals surface area contributed by atoms with E-state index < -0.39 is 34.4 Å². The fraction of sp³-hybridized carbons (Fsp3) is 0.250. The van der Waals surface area contributed by atoms with Crippen LogP contribution in [0.15, 0.2) is 6.20 Å². The summed E-state index contributed by atoms with van der Waals surface area (Å²) < 4.78 is 61.8. The van der Waals surface area contributed by atoms with Gasteiger partial charge < -0.3 is 0 Å². The molecule has 0 saturated heterocycles. The van der Waals surface area contributed by atoms with Gasteiger partial charge in [0.25, 0.3) is 6.43 Å². The van der Waals surface area contributed by atoms with Crippen LogP contribution in [0.3, 0.4) is 0 Å². The lowest BCUT2D eigenvalue weighted by Gasteiger charge is -2.12. The monoisotopic (exact) mass is 256 g/mol. The molecule has 0 N–H and O–H groups in total. The normalized spacial score (nSPS) is 11.6. The van der Waals surface area contributed by atoms with Crippen molar-refractivity contribution in [2.75, 3.05) is 0 Å². The molecule has 0 aliphatic rings. The zero-order valence-electron chi connectivity index (χ0n) is 7.32. The molecule has 0 fully saturated rings. The van der Waals surface area contributed by atoms with E-state index >= 15 is 0 Å². The molecule has 1 rings (SSSR count). The molecular formula is C8H2ClF5N2. The Morgan fingerprint density at radius 2 is 1.94 bits per heavy atom. The Labute approximate surface area is 91.3 Å². The summed E-state index contributed by atoms with van der Waals surface area (Å²) >= 11 is 5.18. The Kier molecular flexibility index (Phi) is 3.33. The van der Waals surface area contributed by atoms with Gasteiger partial charge in [-0.25, -0.2) is 13.8 Å². The number of hydrogen-bond donors (Lipinski definition) is 0. The van der Waals surface area contributed by atoms with Gasteiger partial charge in [-0.1, -0.05) is 11.6 Å². The predicted molar refractivity (Wildman–Crippen MR) is 43.9 cm³/mol. The maximum atomic E-state index is 12.4. The molecule has 8 heteroatoms. The van der Waals surface area contributed by atoms with Crippen molar-refractivity contribution >= 4 is 11.6 Å². The van der Waals surface area contributed by atoms with Crippen LogP contribution in [0, 0.1) is 11.3 Å². The van der Waals surface area contributed by atoms with Crippen LogP contribution < -0.4 is 0 Å². The van der Waals surface area contributed by atoms with Crippen LogP contribution in [0.25, 0.3) is 0 Å². The molecule has 1 aromatic heterocycles. The quantitative estimate of drug-likeness (QED) is 0.720. The molecule has 0 aliphatic carbocycles. The van der Waals surface area contributed by atoms with Gasteiger partial charge >= 0.3 is 6.18 Å². The van der Waals surface area contributed by atoms with Gasteiger partial charge in [-0.15, -0.1) is 0 Å². The van der Waals surface area contributed by atoms with Crippen molar-refractivity contribution in [3.05, 3.63) is 28.0 Å². The summed E-state index contributed by atoms with van der Waals surface area (Å²) in [5, 5.41) is 7.19. The van der Waals surface area contributed by atoms with Crippen molar-refractivity contribution < 1.29 is 22.0 Å². The highest BCUT2D eigenvalue weighted by molar-refractivity contribution is 6.32. The number of rotatable bonds is 1. The highest BCUT2D eigenvalue weighted by Crippen LogP contribution is 2.40. The number of pyridine rings is 1. The Bertz CT molecular complexity index is 449. The van der Waals surface area contributed by atoms with E-state index in [9.17, 15) is 22.0 Å². The first-order chi connectivity index (χ1) is 7.29. The Balaban J connectivity index is 3.55. The minimum absolute atomic E-state index is 0.459. The zero-order valence-corrected chi connectivity index (χ0v) is 8.07. The lowest BCUT2D eigenvalue weighted by Crippen LogP contribution is -2.12. The summed E-state index contributed by atoms with van der Waals surface area (Å²) in [4.78, 5) is 3.00. The summed E-state index contributed by atoms with van der Waals surface area (Å²) in [6.07, 6.45) is -7.73. The van der Waals surface area contributed by atoms with Crippen LogP contribution in [-0.4, -0.2) is 4.98 Å². The third-order valence-electron chi connectivity index (χ3n) is 1.67. The molecule has 0 aliphatic heterocycles. The Morgan fingerprint density at radius 3 is 2.31 bits per heavy atom. The highest BCUT2D eigenvalue weighted by Gasteiger charge is 2.39. The second kappa shape index (κ2) is 4.22. The minimum atomic E-state index is -5.00. The second-order valence-electron chi connectivity index (χ2n) is 2.66. The van der Waals surface area contributed by atoms with E-state index in [0.29, 0.717) is 6.20 Å². The molecular weight excluding hydrogens is 255 g/mol. The van der Waals surface area contributed by atoms with Gasteiger partial charge in [-0.3, -0.25) is 0 Å². The van der Waals surface area contributed by atoms with E-state index in [-0.39, 0.29) is 0 Å². The molecule has 0 radical (unpaired) electrons. The summed E-state index contributed by atoms with van der Waals surface area (Å²) in [6.45, 7) is 0. The fourth-order valence-corrected chi connectivity index (χ4v) is 1.33. The van der Waals surface area contributed by atoms with E-state index in [1.54, 1.807) is 0 Å². The molecule has 2 nitrogen and oxygen atoms in total. The molecule has 1 aromatic rings. The highest BCUT2D eigenvalue weighted by atomic mass is 35.5. The Hall–Kier alpha value is -1.42. The molecule has 0 spiro atoms. The zero-order chi connectivity index (χ0) is 12.5. The first kappa shape index (κ1) is 12.6. The average molecular weight is 257 g/mol. The molecule has 1 heterocycles. The van der Waals surface area contributed by atoms with E-state index in [2.05, 4.69) is 4.98 Å². The number of alkyl halides is 5. The van der Waals surface area contributed by atoms with Gasteiger partial charge in [0.1, 0.15) is 11.6 Å². The van der Waals surface area contributed by atoms with Crippen LogP contribution in [0.4, 0.5) is 22.0 Å². The van der Waals surface area contributed by atoms with E-state index in [4.69, 9.17) is 16.9 Å². The van der Waals surface area contributed by atoms with Crippen LogP contribution in [-0.2, 0) is 6.18 Å². The lowest BCUT2D eigenvalue weighted by molar-refractivity contribution is -0.138. The van der Waals surface area contributed by atoms with Gasteiger partial charge in [0.05, 0.1) is 10.6 Å². The smallest absolute Gasteiger partial charge is 0.244 e. The maximum absolute atomic E-state index is 12.4. The van der Waals surface area contributed by atoms with Crippen LogP contribution >= 0.6 is 11.6 Å². The van der Waals surface area contributed by atoms with Crippen molar-refractivity contribution in [2.45, 2.75) is 12.6 Å². The molecule has 0 bridgehead atoms. The number of nitrogens with zero attached hydrogens (tertiary/aromatic N) is 2. The predicted octanol–water partition coefficient (Wildman–Crippen LogP) is 3.56. The summed E-state index contributed by atoms with van der Waals surface area (Å²) in [6, 6.07) is 1.15. The first-order valence-corrected chi connectivity index (χ1v) is 4.10. The number of aromatic nitrogens is 1. The molecule has 86 valence electrons. The van der Waals surface area contributed by atoms with E-state index in [1.165, 1.54) is 0 Å². The average Bonchev–Trinajstić information content (AvgIpc) is 2.14. The SMILES string of the molecule is N#Cc1ncc(C(F)F)c(Cl)c1C(F)(F)F.